The number of methoxy groups -OCH3 is 1. The topological polar surface area (TPSA) is 154 Å². The van der Waals surface area contributed by atoms with Gasteiger partial charge in [0.15, 0.2) is 5.60 Å². The van der Waals surface area contributed by atoms with Crippen molar-refractivity contribution in [1.82, 2.24) is 4.90 Å². The first-order valence-electron chi connectivity index (χ1n) is 12.4. The molecule has 4 N–H and O–H groups in total. The Labute approximate surface area is 223 Å². The summed E-state index contributed by atoms with van der Waals surface area (Å²) in [6.45, 7) is 10.5. The van der Waals surface area contributed by atoms with E-state index in [2.05, 4.69) is 62.1 Å². The third-order valence-electron chi connectivity index (χ3n) is 6.01. The van der Waals surface area contributed by atoms with E-state index in [1.165, 1.54) is 11.1 Å². The highest BCUT2D eigenvalue weighted by Gasteiger charge is 2.40. The molecule has 0 fully saturated rings. The van der Waals surface area contributed by atoms with E-state index >= 15 is 0 Å². The molecule has 0 spiro atoms. The maximum atomic E-state index is 10.3. The van der Waals surface area contributed by atoms with Gasteiger partial charge in [-0.15, -0.1) is 0 Å². The molecule has 0 aliphatic carbocycles. The van der Waals surface area contributed by atoms with Gasteiger partial charge in [-0.25, -0.2) is 4.79 Å². The smallest absolute Gasteiger partial charge is 0.336 e. The molecular formula is C28H39NO9. The Morgan fingerprint density at radius 3 is 1.79 bits per heavy atom. The zero-order chi connectivity index (χ0) is 28.7. The molecule has 2 aromatic carbocycles. The Hall–Kier alpha value is -3.63. The first-order valence-corrected chi connectivity index (χ1v) is 12.4. The quantitative estimate of drug-likeness (QED) is 0.267. The summed E-state index contributed by atoms with van der Waals surface area (Å²) >= 11 is 0. The van der Waals surface area contributed by atoms with Crippen molar-refractivity contribution in [2.75, 3.05) is 33.4 Å². The SMILES string of the molecule is CCN(CC)CCOc1ccc(C(C)Cc2ccc(OC)cc2)cc1.O=C(O)CC(O)(CC(=O)O)C(=O)O. The van der Waals surface area contributed by atoms with Crippen molar-refractivity contribution in [3.63, 3.8) is 0 Å². The van der Waals surface area contributed by atoms with Crippen LogP contribution < -0.4 is 9.47 Å². The van der Waals surface area contributed by atoms with E-state index in [-0.39, 0.29) is 0 Å². The molecule has 0 heterocycles. The van der Waals surface area contributed by atoms with Gasteiger partial charge < -0.3 is 34.8 Å². The fourth-order valence-corrected chi connectivity index (χ4v) is 3.67. The average Bonchev–Trinajstić information content (AvgIpc) is 2.87. The van der Waals surface area contributed by atoms with Crippen molar-refractivity contribution in [1.29, 1.82) is 0 Å². The number of carboxylic acids is 3. The molecule has 0 aliphatic rings. The standard InChI is InChI=1S/C22H31NO2.C6H8O7/c1-5-23(6-2)15-16-25-22-13-9-20(10-14-22)18(3)17-19-7-11-21(24-4)12-8-19;7-3(8)1-6(13,5(11)12)2-4(9)10/h7-14,18H,5-6,15-17H2,1-4H3;13H,1-2H2,(H,7,8)(H,9,10)(H,11,12). The summed E-state index contributed by atoms with van der Waals surface area (Å²) in [6, 6.07) is 16.9. The molecule has 0 saturated carbocycles. The lowest BCUT2D eigenvalue weighted by molar-refractivity contribution is -0.170. The number of carbonyl (C=O) groups is 3. The monoisotopic (exact) mass is 533 g/mol. The van der Waals surface area contributed by atoms with Crippen LogP contribution in [0.15, 0.2) is 48.5 Å². The highest BCUT2D eigenvalue weighted by molar-refractivity contribution is 5.88. The average molecular weight is 534 g/mol. The van der Waals surface area contributed by atoms with Gasteiger partial charge in [-0.05, 0) is 60.8 Å². The molecule has 0 bridgehead atoms. The van der Waals surface area contributed by atoms with Gasteiger partial charge in [0.2, 0.25) is 0 Å². The zero-order valence-corrected chi connectivity index (χ0v) is 22.4. The van der Waals surface area contributed by atoms with Crippen molar-refractivity contribution in [3.8, 4) is 11.5 Å². The molecule has 0 amide bonds. The molecule has 10 heteroatoms. The Morgan fingerprint density at radius 1 is 0.868 bits per heavy atom. The third kappa shape index (κ3) is 11.6. The van der Waals surface area contributed by atoms with Crippen molar-refractivity contribution in [2.24, 2.45) is 0 Å². The van der Waals surface area contributed by atoms with E-state index in [4.69, 9.17) is 29.9 Å². The molecule has 10 nitrogen and oxygen atoms in total. The number of aliphatic carboxylic acids is 3. The molecule has 2 rings (SSSR count). The molecule has 2 aromatic rings. The van der Waals surface area contributed by atoms with Gasteiger partial charge in [-0.3, -0.25) is 9.59 Å². The Morgan fingerprint density at radius 2 is 1.37 bits per heavy atom. The molecule has 0 aromatic heterocycles. The number of ether oxygens (including phenoxy) is 2. The number of rotatable bonds is 15. The van der Waals surface area contributed by atoms with Gasteiger partial charge in [-0.2, -0.15) is 0 Å². The minimum absolute atomic E-state index is 0.470. The largest absolute Gasteiger partial charge is 0.497 e. The summed E-state index contributed by atoms with van der Waals surface area (Å²) < 4.78 is 11.1. The summed E-state index contributed by atoms with van der Waals surface area (Å²) in [4.78, 5) is 32.9. The highest BCUT2D eigenvalue weighted by atomic mass is 16.5. The lowest BCUT2D eigenvalue weighted by Crippen LogP contribution is -2.42. The van der Waals surface area contributed by atoms with Crippen molar-refractivity contribution in [3.05, 3.63) is 59.7 Å². The second-order valence-corrected chi connectivity index (χ2v) is 8.88. The molecule has 0 radical (unpaired) electrons. The molecule has 1 atom stereocenters. The van der Waals surface area contributed by atoms with Gasteiger partial charge >= 0.3 is 17.9 Å². The maximum absolute atomic E-state index is 10.3. The normalized spacial score (nSPS) is 11.7. The number of hydrogen-bond donors (Lipinski definition) is 4. The minimum Gasteiger partial charge on any atom is -0.497 e. The van der Waals surface area contributed by atoms with Crippen molar-refractivity contribution >= 4 is 17.9 Å². The lowest BCUT2D eigenvalue weighted by atomic mass is 9.94. The number of hydrogen-bond acceptors (Lipinski definition) is 7. The Kier molecular flexibility index (Phi) is 13.9. The van der Waals surface area contributed by atoms with Crippen molar-refractivity contribution < 1.29 is 44.3 Å². The van der Waals surface area contributed by atoms with E-state index in [9.17, 15) is 14.4 Å². The van der Waals surface area contributed by atoms with E-state index in [1.807, 2.05) is 12.1 Å². The third-order valence-corrected chi connectivity index (χ3v) is 6.01. The van der Waals surface area contributed by atoms with Crippen LogP contribution in [0.3, 0.4) is 0 Å². The highest BCUT2D eigenvalue weighted by Crippen LogP contribution is 2.24. The predicted molar refractivity (Wildman–Crippen MR) is 142 cm³/mol. The number of likely N-dealkylation sites (N-methyl/N-ethyl adjacent to an activating group) is 1. The van der Waals surface area contributed by atoms with Crippen LogP contribution in [-0.4, -0.2) is 82.2 Å². The van der Waals surface area contributed by atoms with Crippen LogP contribution in [0, 0.1) is 0 Å². The van der Waals surface area contributed by atoms with Crippen LogP contribution in [-0.2, 0) is 20.8 Å². The number of nitrogens with zero attached hydrogens (tertiary/aromatic N) is 1. The molecule has 1 unspecified atom stereocenters. The predicted octanol–water partition coefficient (Wildman–Crippen LogP) is 3.51. The van der Waals surface area contributed by atoms with Crippen LogP contribution >= 0.6 is 0 Å². The van der Waals surface area contributed by atoms with E-state index < -0.39 is 36.4 Å². The van der Waals surface area contributed by atoms with Crippen LogP contribution in [0.25, 0.3) is 0 Å². The number of aliphatic hydroxyl groups is 1. The van der Waals surface area contributed by atoms with E-state index in [0.717, 1.165) is 44.2 Å². The first-order chi connectivity index (χ1) is 17.9. The van der Waals surface area contributed by atoms with Crippen LogP contribution in [0.4, 0.5) is 0 Å². The van der Waals surface area contributed by atoms with Crippen molar-refractivity contribution in [2.45, 2.75) is 51.6 Å². The Balaban J connectivity index is 0.000000471. The molecule has 0 saturated heterocycles. The van der Waals surface area contributed by atoms with Crippen LogP contribution in [0.2, 0.25) is 0 Å². The van der Waals surface area contributed by atoms with E-state index in [1.54, 1.807) is 7.11 Å². The lowest BCUT2D eigenvalue weighted by Gasteiger charge is -2.18. The summed E-state index contributed by atoms with van der Waals surface area (Å²) in [5, 5.41) is 33.8. The number of benzene rings is 2. The second kappa shape index (κ2) is 16.3. The maximum Gasteiger partial charge on any atom is 0.336 e. The van der Waals surface area contributed by atoms with Gasteiger partial charge in [0.05, 0.1) is 20.0 Å². The summed E-state index contributed by atoms with van der Waals surface area (Å²) in [5.74, 6) is -2.69. The minimum atomic E-state index is -2.74. The summed E-state index contributed by atoms with van der Waals surface area (Å²) in [6.07, 6.45) is -1.27. The van der Waals surface area contributed by atoms with Gasteiger partial charge in [0.25, 0.3) is 0 Å². The first kappa shape index (κ1) is 32.4. The molecule has 0 aliphatic heterocycles. The molecular weight excluding hydrogens is 494 g/mol. The zero-order valence-electron chi connectivity index (χ0n) is 22.4. The molecule has 38 heavy (non-hydrogen) atoms. The second-order valence-electron chi connectivity index (χ2n) is 8.88. The fourth-order valence-electron chi connectivity index (χ4n) is 3.67. The van der Waals surface area contributed by atoms with Crippen LogP contribution in [0.1, 0.15) is 50.7 Å². The van der Waals surface area contributed by atoms with Gasteiger partial charge in [0.1, 0.15) is 18.1 Å². The fraction of sp³-hybridized carbons (Fsp3) is 0.464. The molecule has 210 valence electrons. The summed E-state index contributed by atoms with van der Waals surface area (Å²) in [7, 11) is 1.70. The van der Waals surface area contributed by atoms with Gasteiger partial charge in [-0.1, -0.05) is 45.0 Å². The van der Waals surface area contributed by atoms with Gasteiger partial charge in [0, 0.05) is 6.54 Å². The van der Waals surface area contributed by atoms with Crippen LogP contribution in [0.5, 0.6) is 11.5 Å². The number of carboxylic acid groups (broad SMARTS) is 3. The summed E-state index contributed by atoms with van der Waals surface area (Å²) in [5.41, 5.74) is -0.0720. The van der Waals surface area contributed by atoms with E-state index in [0.29, 0.717) is 5.92 Å². The Bertz CT molecular complexity index is 986.